The van der Waals surface area contributed by atoms with E-state index in [9.17, 15) is 0 Å². The van der Waals surface area contributed by atoms with Gasteiger partial charge in [0.25, 0.3) is 0 Å². The number of hydrogen-bond donors (Lipinski definition) is 0. The molecular weight excluding hydrogens is 687 g/mol. The lowest BCUT2D eigenvalue weighted by atomic mass is 10.1. The number of nitrogens with zero attached hydrogens (tertiary/aromatic N) is 5. The first-order valence-electron chi connectivity index (χ1n) is 18.8. The maximum atomic E-state index is 6.42. The quantitative estimate of drug-likeness (QED) is 0.178. The molecule has 0 aliphatic carbocycles. The van der Waals surface area contributed by atoms with Crippen molar-refractivity contribution in [3.05, 3.63) is 188 Å². The first-order chi connectivity index (χ1) is 27.8. The normalized spacial score (nSPS) is 11.9. The molecule has 0 bridgehead atoms. The van der Waals surface area contributed by atoms with E-state index in [2.05, 4.69) is 149 Å². The Morgan fingerprint density at radius 1 is 0.393 bits per heavy atom. The minimum atomic E-state index is 0.677. The Bertz CT molecular complexity index is 3480. The summed E-state index contributed by atoms with van der Waals surface area (Å²) in [5.41, 5.74) is 11.2. The summed E-state index contributed by atoms with van der Waals surface area (Å²) < 4.78 is 13.2. The van der Waals surface area contributed by atoms with Crippen LogP contribution in [0.1, 0.15) is 0 Å². The highest BCUT2D eigenvalue weighted by Gasteiger charge is 2.23. The minimum absolute atomic E-state index is 0.677. The summed E-state index contributed by atoms with van der Waals surface area (Å²) in [6.07, 6.45) is 0. The van der Waals surface area contributed by atoms with E-state index < -0.39 is 0 Å². The Morgan fingerprint density at radius 3 is 1.80 bits per heavy atom. The number of furan rings is 1. The second kappa shape index (κ2) is 11.9. The summed E-state index contributed by atoms with van der Waals surface area (Å²) in [7, 11) is 0. The highest BCUT2D eigenvalue weighted by molar-refractivity contribution is 6.17. The third kappa shape index (κ3) is 4.50. The van der Waals surface area contributed by atoms with Crippen molar-refractivity contribution < 1.29 is 4.42 Å². The molecular formula is C50H31N5O. The number of fused-ring (bicyclic) bond motifs is 9. The molecule has 0 saturated heterocycles. The van der Waals surface area contributed by atoms with Gasteiger partial charge in [-0.05, 0) is 60.7 Å². The largest absolute Gasteiger partial charge is 0.456 e. The molecule has 0 amide bonds. The molecule has 0 fully saturated rings. The van der Waals surface area contributed by atoms with E-state index in [4.69, 9.17) is 14.5 Å². The van der Waals surface area contributed by atoms with Gasteiger partial charge in [0.2, 0.25) is 0 Å². The van der Waals surface area contributed by atoms with Gasteiger partial charge in [-0.3, -0.25) is 0 Å². The lowest BCUT2D eigenvalue weighted by Gasteiger charge is -2.14. The molecule has 0 aliphatic heterocycles. The fourth-order valence-corrected chi connectivity index (χ4v) is 8.65. The topological polar surface area (TPSA) is 53.7 Å². The second-order valence-electron chi connectivity index (χ2n) is 14.3. The predicted octanol–water partition coefficient (Wildman–Crippen LogP) is 12.7. The van der Waals surface area contributed by atoms with Gasteiger partial charge in [0.1, 0.15) is 11.2 Å². The van der Waals surface area contributed by atoms with Crippen molar-refractivity contribution in [2.24, 2.45) is 0 Å². The summed E-state index contributed by atoms with van der Waals surface area (Å²) in [5, 5.41) is 12.1. The van der Waals surface area contributed by atoms with E-state index in [0.717, 1.165) is 83.4 Å². The van der Waals surface area contributed by atoms with Gasteiger partial charge in [-0.15, -0.1) is 5.10 Å². The number of benzene rings is 8. The van der Waals surface area contributed by atoms with E-state index in [1.54, 1.807) is 0 Å². The minimum Gasteiger partial charge on any atom is -0.456 e. The van der Waals surface area contributed by atoms with Gasteiger partial charge in [0, 0.05) is 60.9 Å². The van der Waals surface area contributed by atoms with Crippen LogP contribution in [0.25, 0.3) is 105 Å². The maximum absolute atomic E-state index is 6.42. The van der Waals surface area contributed by atoms with Gasteiger partial charge in [0.15, 0.2) is 11.6 Å². The molecule has 0 unspecified atom stereocenters. The lowest BCUT2D eigenvalue weighted by Crippen LogP contribution is -2.02. The van der Waals surface area contributed by atoms with Gasteiger partial charge >= 0.3 is 0 Å². The smallest absolute Gasteiger partial charge is 0.182 e. The molecule has 6 heteroatoms. The zero-order chi connectivity index (χ0) is 36.7. The van der Waals surface area contributed by atoms with E-state index in [-0.39, 0.29) is 0 Å². The van der Waals surface area contributed by atoms with Crippen molar-refractivity contribution >= 4 is 65.6 Å². The van der Waals surface area contributed by atoms with Crippen LogP contribution in [-0.2, 0) is 0 Å². The molecule has 0 aliphatic rings. The molecule has 8 aromatic carbocycles. The zero-order valence-corrected chi connectivity index (χ0v) is 30.0. The van der Waals surface area contributed by atoms with E-state index in [1.807, 2.05) is 53.2 Å². The SMILES string of the molecule is c1ccc(-c2nc(-c3cccc4c5ccccc5n(-c5cccc(-n6c7ccccc7c7cc8c(cc76)oc6ccccc68)c5)c34)n(-c3ccccc3)n2)cc1. The summed E-state index contributed by atoms with van der Waals surface area (Å²) in [5.74, 6) is 1.45. The van der Waals surface area contributed by atoms with Crippen LogP contribution in [0.5, 0.6) is 0 Å². The molecule has 4 heterocycles. The van der Waals surface area contributed by atoms with Crippen LogP contribution >= 0.6 is 0 Å². The molecule has 262 valence electrons. The van der Waals surface area contributed by atoms with Crippen LogP contribution in [0.2, 0.25) is 0 Å². The third-order valence-electron chi connectivity index (χ3n) is 11.1. The van der Waals surface area contributed by atoms with Crippen molar-refractivity contribution in [1.29, 1.82) is 0 Å². The number of hydrogen-bond acceptors (Lipinski definition) is 3. The average Bonchev–Trinajstić information content (AvgIpc) is 4.03. The Labute approximate surface area is 320 Å². The predicted molar refractivity (Wildman–Crippen MR) is 228 cm³/mol. The summed E-state index contributed by atoms with van der Waals surface area (Å²) in [6.45, 7) is 0. The zero-order valence-electron chi connectivity index (χ0n) is 30.0. The molecule has 4 aromatic heterocycles. The molecule has 0 spiro atoms. The highest BCUT2D eigenvalue weighted by atomic mass is 16.3. The van der Waals surface area contributed by atoms with Gasteiger partial charge in [-0.2, -0.15) is 0 Å². The third-order valence-corrected chi connectivity index (χ3v) is 11.1. The molecule has 0 atom stereocenters. The molecule has 6 nitrogen and oxygen atoms in total. The molecule has 0 saturated carbocycles. The maximum Gasteiger partial charge on any atom is 0.182 e. The standard InChI is InChI=1S/C50H31N5O/c1-3-15-32(16-4-1)49-51-50(55(52-49)33-17-5-2-6-18-33)40-25-14-24-39-36-21-7-11-27-44(36)54(48(39)40)35-20-13-19-34(29-35)53-43-26-10-8-22-37(43)41-30-42-38-23-9-12-28-46(38)56-47(42)31-45(41)53/h1-31H. The van der Waals surface area contributed by atoms with Crippen molar-refractivity contribution in [3.8, 4) is 39.8 Å². The van der Waals surface area contributed by atoms with Crippen LogP contribution in [-0.4, -0.2) is 23.9 Å². The van der Waals surface area contributed by atoms with Crippen molar-refractivity contribution in [2.45, 2.75) is 0 Å². The summed E-state index contributed by atoms with van der Waals surface area (Å²) >= 11 is 0. The monoisotopic (exact) mass is 717 g/mol. The average molecular weight is 718 g/mol. The van der Waals surface area contributed by atoms with Crippen LogP contribution < -0.4 is 0 Å². The Hall–Kier alpha value is -7.70. The van der Waals surface area contributed by atoms with Gasteiger partial charge in [0.05, 0.1) is 27.8 Å². The van der Waals surface area contributed by atoms with Gasteiger partial charge < -0.3 is 13.6 Å². The summed E-state index contributed by atoms with van der Waals surface area (Å²) in [4.78, 5) is 5.27. The number of rotatable bonds is 5. The first kappa shape index (κ1) is 30.7. The Kier molecular flexibility index (Phi) is 6.53. The lowest BCUT2D eigenvalue weighted by molar-refractivity contribution is 0.669. The second-order valence-corrected chi connectivity index (χ2v) is 14.3. The van der Waals surface area contributed by atoms with Crippen molar-refractivity contribution in [3.63, 3.8) is 0 Å². The molecule has 0 radical (unpaired) electrons. The number of para-hydroxylation sites is 5. The molecule has 12 aromatic rings. The van der Waals surface area contributed by atoms with Gasteiger partial charge in [-0.25, -0.2) is 9.67 Å². The molecule has 56 heavy (non-hydrogen) atoms. The molecule has 12 rings (SSSR count). The van der Waals surface area contributed by atoms with Crippen LogP contribution in [0.3, 0.4) is 0 Å². The van der Waals surface area contributed by atoms with Gasteiger partial charge in [-0.1, -0.05) is 121 Å². The fourth-order valence-electron chi connectivity index (χ4n) is 8.65. The van der Waals surface area contributed by atoms with Crippen molar-refractivity contribution in [2.75, 3.05) is 0 Å². The van der Waals surface area contributed by atoms with Crippen LogP contribution in [0.15, 0.2) is 192 Å². The first-order valence-corrected chi connectivity index (χ1v) is 18.8. The van der Waals surface area contributed by atoms with E-state index in [0.29, 0.717) is 5.82 Å². The van der Waals surface area contributed by atoms with E-state index >= 15 is 0 Å². The van der Waals surface area contributed by atoms with Crippen LogP contribution in [0, 0.1) is 0 Å². The van der Waals surface area contributed by atoms with E-state index in [1.165, 1.54) is 16.2 Å². The van der Waals surface area contributed by atoms with Crippen molar-refractivity contribution in [1.82, 2.24) is 23.9 Å². The molecule has 0 N–H and O–H groups in total. The summed E-state index contributed by atoms with van der Waals surface area (Å²) in [6, 6.07) is 66.0. The number of aromatic nitrogens is 5. The fraction of sp³-hybridized carbons (Fsp3) is 0. The highest BCUT2D eigenvalue weighted by Crippen LogP contribution is 2.41. The Balaban J connectivity index is 1.12. The Morgan fingerprint density at radius 2 is 1.00 bits per heavy atom. The van der Waals surface area contributed by atoms with Crippen LogP contribution in [0.4, 0.5) is 0 Å².